The van der Waals surface area contributed by atoms with Crippen molar-refractivity contribution in [2.45, 2.75) is 57.8 Å². The number of hydrogen-bond donors (Lipinski definition) is 7. The Bertz CT molecular complexity index is 495. The fourth-order valence-corrected chi connectivity index (χ4v) is 1.89. The van der Waals surface area contributed by atoms with Crippen LogP contribution in [0.5, 0.6) is 0 Å². The van der Waals surface area contributed by atoms with Gasteiger partial charge < -0.3 is 26.2 Å². The summed E-state index contributed by atoms with van der Waals surface area (Å²) in [4.78, 5) is 45.1. The number of primary amides is 1. The maximum atomic E-state index is 11.9. The van der Waals surface area contributed by atoms with E-state index in [0.717, 1.165) is 13.8 Å². The maximum absolute atomic E-state index is 11.9. The molecule has 0 rings (SSSR count). The Labute approximate surface area is 143 Å². The lowest BCUT2D eigenvalue weighted by molar-refractivity contribution is -0.354. The second-order valence-corrected chi connectivity index (χ2v) is 5.59. The molecule has 0 aliphatic carbocycles. The number of hydrogen-bond acceptors (Lipinski definition) is 8. The highest BCUT2D eigenvalue weighted by molar-refractivity contribution is 5.85. The van der Waals surface area contributed by atoms with Crippen LogP contribution in [0.4, 0.5) is 0 Å². The summed E-state index contributed by atoms with van der Waals surface area (Å²) in [6, 6.07) is 0. The van der Waals surface area contributed by atoms with Gasteiger partial charge in [-0.2, -0.15) is 0 Å². The highest BCUT2D eigenvalue weighted by Gasteiger charge is 2.42. The zero-order chi connectivity index (χ0) is 19.8. The van der Waals surface area contributed by atoms with E-state index in [0.29, 0.717) is 0 Å². The number of amides is 4. The van der Waals surface area contributed by atoms with Crippen LogP contribution in [0, 0.1) is 0 Å². The molecule has 0 saturated heterocycles. The largest absolute Gasteiger partial charge is 0.370 e. The minimum Gasteiger partial charge on any atom is -0.370 e. The van der Waals surface area contributed by atoms with Gasteiger partial charge in [0.15, 0.2) is 0 Å². The highest BCUT2D eigenvalue weighted by Crippen LogP contribution is 2.19. The summed E-state index contributed by atoms with van der Waals surface area (Å²) in [5.41, 5.74) is 8.96. The first kappa shape index (κ1) is 22.7. The van der Waals surface area contributed by atoms with Crippen LogP contribution in [-0.2, 0) is 19.2 Å². The smallest absolute Gasteiger partial charge is 0.249 e. The number of nitrogens with two attached hydrogens (primary N) is 1. The van der Waals surface area contributed by atoms with Gasteiger partial charge in [0.2, 0.25) is 35.5 Å². The number of carbonyl (C=O) groups excluding carboxylic acids is 4. The second kappa shape index (κ2) is 9.27. The third kappa shape index (κ3) is 9.56. The molecule has 0 fully saturated rings. The first-order chi connectivity index (χ1) is 11.2. The minimum atomic E-state index is -2.81. The molecule has 0 aromatic heterocycles. The van der Waals surface area contributed by atoms with E-state index < -0.39 is 41.9 Å². The predicted molar refractivity (Wildman–Crippen MR) is 81.1 cm³/mol. The summed E-state index contributed by atoms with van der Waals surface area (Å²) in [6.07, 6.45) is -1.04. The second-order valence-electron chi connectivity index (χ2n) is 5.59. The lowest BCUT2D eigenvalue weighted by Crippen LogP contribution is -2.61. The first-order valence-electron chi connectivity index (χ1n) is 7.33. The van der Waals surface area contributed by atoms with Gasteiger partial charge in [0, 0.05) is 39.5 Å². The molecule has 0 saturated carbocycles. The zero-order valence-electron chi connectivity index (χ0n) is 14.0. The normalized spacial score (nSPS) is 11.6. The van der Waals surface area contributed by atoms with Crippen LogP contribution in [0.2, 0.25) is 0 Å². The Balaban J connectivity index is 4.28. The number of nitrogens with one attached hydrogen (secondary N) is 2. The van der Waals surface area contributed by atoms with Gasteiger partial charge in [0.1, 0.15) is 0 Å². The maximum Gasteiger partial charge on any atom is 0.249 e. The van der Waals surface area contributed by atoms with Crippen molar-refractivity contribution in [2.24, 2.45) is 5.73 Å². The molecule has 8 N–H and O–H groups in total. The summed E-state index contributed by atoms with van der Waals surface area (Å²) in [7, 11) is 0. The first-order valence-corrected chi connectivity index (χ1v) is 7.33. The van der Waals surface area contributed by atoms with Crippen LogP contribution in [0.3, 0.4) is 0 Å². The molecule has 0 aromatic rings. The van der Waals surface area contributed by atoms with Crippen molar-refractivity contribution in [1.82, 2.24) is 15.8 Å². The van der Waals surface area contributed by atoms with Crippen molar-refractivity contribution in [2.75, 3.05) is 0 Å². The van der Waals surface area contributed by atoms with Gasteiger partial charge in [-0.1, -0.05) is 0 Å². The van der Waals surface area contributed by atoms with Crippen LogP contribution < -0.4 is 16.6 Å². The van der Waals surface area contributed by atoms with Crippen molar-refractivity contribution < 1.29 is 39.6 Å². The number of aliphatic hydroxyl groups is 4. The molecule has 25 heavy (non-hydrogen) atoms. The van der Waals surface area contributed by atoms with Crippen LogP contribution in [0.15, 0.2) is 0 Å². The van der Waals surface area contributed by atoms with Crippen LogP contribution in [0.1, 0.15) is 46.0 Å². The number of nitrogens with zero attached hydrogens (tertiary/aromatic N) is 1. The zero-order valence-corrected chi connectivity index (χ0v) is 14.0. The molecule has 0 aliphatic rings. The molecule has 0 spiro atoms. The Kier molecular flexibility index (Phi) is 8.42. The Morgan fingerprint density at radius 3 is 1.68 bits per heavy atom. The molecule has 4 amide bonds. The monoisotopic (exact) mass is 364 g/mol. The summed E-state index contributed by atoms with van der Waals surface area (Å²) in [5, 5.41) is 37.6. The summed E-state index contributed by atoms with van der Waals surface area (Å²) in [6.45, 7) is 1.54. The SMILES string of the molecule is CC(O)(O)N(C(=O)CCCC(=O)NNC(=O)CCC(N)=O)C(C)(O)O. The highest BCUT2D eigenvalue weighted by atomic mass is 16.6. The van der Waals surface area contributed by atoms with Crippen LogP contribution >= 0.6 is 0 Å². The molecule has 0 bridgehead atoms. The van der Waals surface area contributed by atoms with Crippen molar-refractivity contribution >= 4 is 23.6 Å². The van der Waals surface area contributed by atoms with Gasteiger partial charge in [-0.25, -0.2) is 4.90 Å². The third-order valence-electron chi connectivity index (χ3n) is 2.83. The Hall–Kier alpha value is -2.28. The fraction of sp³-hybridized carbons (Fsp3) is 0.692. The number of carbonyl (C=O) groups is 4. The number of hydrazine groups is 1. The van der Waals surface area contributed by atoms with Crippen molar-refractivity contribution in [1.29, 1.82) is 0 Å². The van der Waals surface area contributed by atoms with Crippen LogP contribution in [-0.4, -0.2) is 60.8 Å². The lowest BCUT2D eigenvalue weighted by atomic mass is 10.2. The van der Waals surface area contributed by atoms with Crippen molar-refractivity contribution in [3.8, 4) is 0 Å². The average Bonchev–Trinajstić information content (AvgIpc) is 2.39. The van der Waals surface area contributed by atoms with E-state index in [1.807, 2.05) is 5.43 Å². The molecule has 0 unspecified atom stereocenters. The molecule has 0 aliphatic heterocycles. The van der Waals surface area contributed by atoms with E-state index in [2.05, 4.69) is 5.43 Å². The summed E-state index contributed by atoms with van der Waals surface area (Å²) >= 11 is 0. The van der Waals surface area contributed by atoms with Crippen molar-refractivity contribution in [3.63, 3.8) is 0 Å². The number of rotatable bonds is 9. The van der Waals surface area contributed by atoms with E-state index >= 15 is 0 Å². The molecular weight excluding hydrogens is 340 g/mol. The molecule has 12 nitrogen and oxygen atoms in total. The van der Waals surface area contributed by atoms with Gasteiger partial charge in [-0.05, 0) is 6.42 Å². The van der Waals surface area contributed by atoms with Gasteiger partial charge in [0.25, 0.3) is 0 Å². The Morgan fingerprint density at radius 2 is 1.28 bits per heavy atom. The third-order valence-corrected chi connectivity index (χ3v) is 2.83. The van der Waals surface area contributed by atoms with Gasteiger partial charge >= 0.3 is 0 Å². The molecule has 0 atom stereocenters. The topological polar surface area (TPSA) is 203 Å². The molecule has 12 heteroatoms. The fourth-order valence-electron chi connectivity index (χ4n) is 1.89. The molecule has 0 aromatic carbocycles. The molecular formula is C13H24N4O8. The molecule has 0 radical (unpaired) electrons. The quantitative estimate of drug-likeness (QED) is 0.163. The lowest BCUT2D eigenvalue weighted by Gasteiger charge is -2.39. The Morgan fingerprint density at radius 1 is 0.840 bits per heavy atom. The molecule has 144 valence electrons. The van der Waals surface area contributed by atoms with Gasteiger partial charge in [-0.3, -0.25) is 30.0 Å². The summed E-state index contributed by atoms with van der Waals surface area (Å²) < 4.78 is 0. The van der Waals surface area contributed by atoms with E-state index in [4.69, 9.17) is 5.73 Å². The van der Waals surface area contributed by atoms with E-state index in [-0.39, 0.29) is 30.6 Å². The average molecular weight is 364 g/mol. The van der Waals surface area contributed by atoms with Crippen LogP contribution in [0.25, 0.3) is 0 Å². The van der Waals surface area contributed by atoms with Gasteiger partial charge in [-0.15, -0.1) is 0 Å². The minimum absolute atomic E-state index is 0.0451. The van der Waals surface area contributed by atoms with E-state index in [9.17, 15) is 39.6 Å². The van der Waals surface area contributed by atoms with Gasteiger partial charge in [0.05, 0.1) is 0 Å². The summed E-state index contributed by atoms with van der Waals surface area (Å²) in [5.74, 6) is -8.57. The van der Waals surface area contributed by atoms with E-state index in [1.54, 1.807) is 0 Å². The molecule has 0 heterocycles. The predicted octanol–water partition coefficient (Wildman–Crippen LogP) is -3.29. The standard InChI is InChI=1S/C13H24N4O8/c1-12(22,23)17(13(2,24)25)11(21)5-3-4-9(19)15-16-10(20)7-6-8(14)18/h22-25H,3-7H2,1-2H3,(H2,14,18)(H,15,19)(H,16,20). The van der Waals surface area contributed by atoms with Crippen molar-refractivity contribution in [3.05, 3.63) is 0 Å². The van der Waals surface area contributed by atoms with E-state index in [1.165, 1.54) is 0 Å².